The van der Waals surface area contributed by atoms with Crippen LogP contribution in [0, 0.1) is 12.5 Å². The molecule has 0 aliphatic heterocycles. The monoisotopic (exact) mass is 217 g/mol. The van der Waals surface area contributed by atoms with Gasteiger partial charge in [0.15, 0.2) is 0 Å². The highest BCUT2D eigenvalue weighted by atomic mass is 16.5. The summed E-state index contributed by atoms with van der Waals surface area (Å²) in [6.07, 6.45) is 2.36. The molecule has 82 valence electrons. The molecule has 0 unspecified atom stereocenters. The molecule has 0 radical (unpaired) electrons. The molecule has 1 N–H and O–H groups in total. The Bertz CT molecular complexity index is 458. The van der Waals surface area contributed by atoms with Gasteiger partial charge in [0, 0.05) is 5.56 Å². The maximum absolute atomic E-state index is 10.7. The zero-order chi connectivity index (χ0) is 11.5. The van der Waals surface area contributed by atoms with Crippen LogP contribution in [0.25, 0.3) is 4.85 Å². The SMILES string of the molecule is [C-]#[N+]c1cc(C(=O)O)ccc1OCC1CC1. The van der Waals surface area contributed by atoms with Gasteiger partial charge >= 0.3 is 5.97 Å². The second-order valence-corrected chi connectivity index (χ2v) is 3.85. The first-order chi connectivity index (χ1) is 7.70. The first-order valence-corrected chi connectivity index (χ1v) is 5.08. The van der Waals surface area contributed by atoms with Crippen LogP contribution in [0.1, 0.15) is 23.2 Å². The van der Waals surface area contributed by atoms with E-state index in [-0.39, 0.29) is 11.3 Å². The van der Waals surface area contributed by atoms with E-state index in [0.29, 0.717) is 18.3 Å². The lowest BCUT2D eigenvalue weighted by Crippen LogP contribution is -2.00. The number of carboxylic acid groups (broad SMARTS) is 1. The molecule has 0 saturated heterocycles. The van der Waals surface area contributed by atoms with Gasteiger partial charge in [0.05, 0.1) is 13.2 Å². The van der Waals surface area contributed by atoms with E-state index in [1.807, 2.05) is 0 Å². The molecule has 0 spiro atoms. The largest absolute Gasteiger partial charge is 0.504 e. The predicted octanol–water partition coefficient (Wildman–Crippen LogP) is 2.72. The van der Waals surface area contributed by atoms with Crippen LogP contribution >= 0.6 is 0 Å². The van der Waals surface area contributed by atoms with E-state index >= 15 is 0 Å². The van der Waals surface area contributed by atoms with Crippen LogP contribution in [0.4, 0.5) is 5.69 Å². The summed E-state index contributed by atoms with van der Waals surface area (Å²) in [6.45, 7) is 7.60. The number of hydrogen-bond donors (Lipinski definition) is 1. The highest BCUT2D eigenvalue weighted by molar-refractivity contribution is 5.89. The molecule has 2 rings (SSSR count). The fraction of sp³-hybridized carbons (Fsp3) is 0.333. The summed E-state index contributed by atoms with van der Waals surface area (Å²) in [6, 6.07) is 4.36. The molecule has 0 aromatic heterocycles. The van der Waals surface area contributed by atoms with Crippen molar-refractivity contribution in [2.24, 2.45) is 5.92 Å². The van der Waals surface area contributed by atoms with Crippen LogP contribution in [0.2, 0.25) is 0 Å². The van der Waals surface area contributed by atoms with Crippen molar-refractivity contribution < 1.29 is 14.6 Å². The Kier molecular flexibility index (Phi) is 2.78. The van der Waals surface area contributed by atoms with E-state index in [0.717, 1.165) is 0 Å². The highest BCUT2D eigenvalue weighted by Crippen LogP contribution is 2.33. The quantitative estimate of drug-likeness (QED) is 0.789. The average molecular weight is 217 g/mol. The van der Waals surface area contributed by atoms with Gasteiger partial charge in [0.1, 0.15) is 5.75 Å². The minimum absolute atomic E-state index is 0.116. The Hall–Kier alpha value is -2.02. The minimum Gasteiger partial charge on any atom is -0.504 e. The summed E-state index contributed by atoms with van der Waals surface area (Å²) >= 11 is 0. The van der Waals surface area contributed by atoms with Gasteiger partial charge in [0.25, 0.3) is 0 Å². The second kappa shape index (κ2) is 4.23. The zero-order valence-electron chi connectivity index (χ0n) is 8.64. The Morgan fingerprint density at radius 1 is 1.56 bits per heavy atom. The molecular weight excluding hydrogens is 206 g/mol. The maximum atomic E-state index is 10.7. The van der Waals surface area contributed by atoms with Crippen molar-refractivity contribution in [2.75, 3.05) is 6.61 Å². The second-order valence-electron chi connectivity index (χ2n) is 3.85. The van der Waals surface area contributed by atoms with E-state index in [1.165, 1.54) is 25.0 Å². The van der Waals surface area contributed by atoms with Crippen molar-refractivity contribution in [3.05, 3.63) is 35.2 Å². The van der Waals surface area contributed by atoms with Crippen molar-refractivity contribution in [2.45, 2.75) is 12.8 Å². The smallest absolute Gasteiger partial charge is 0.334 e. The Balaban J connectivity index is 2.17. The standard InChI is InChI=1S/C12H11NO3/c1-13-10-6-9(12(14)15)4-5-11(10)16-7-8-2-3-8/h4-6,8H,2-3,7H2,(H,14,15). The predicted molar refractivity (Wildman–Crippen MR) is 57.9 cm³/mol. The Morgan fingerprint density at radius 3 is 2.88 bits per heavy atom. The first-order valence-electron chi connectivity index (χ1n) is 5.08. The van der Waals surface area contributed by atoms with Gasteiger partial charge in [-0.15, -0.1) is 0 Å². The van der Waals surface area contributed by atoms with Crippen molar-refractivity contribution >= 4 is 11.7 Å². The summed E-state index contributed by atoms with van der Waals surface area (Å²) in [5.74, 6) is 0.0586. The van der Waals surface area contributed by atoms with E-state index < -0.39 is 5.97 Å². The number of aromatic carboxylic acids is 1. The number of nitrogens with zero attached hydrogens (tertiary/aromatic N) is 1. The fourth-order valence-electron chi connectivity index (χ4n) is 1.35. The zero-order valence-corrected chi connectivity index (χ0v) is 8.64. The Labute approximate surface area is 93.3 Å². The van der Waals surface area contributed by atoms with Gasteiger partial charge in [-0.2, -0.15) is 0 Å². The van der Waals surface area contributed by atoms with Gasteiger partial charge < -0.3 is 9.84 Å². The van der Waals surface area contributed by atoms with Crippen LogP contribution in [-0.2, 0) is 0 Å². The van der Waals surface area contributed by atoms with E-state index in [4.69, 9.17) is 16.4 Å². The number of hydrogen-bond acceptors (Lipinski definition) is 2. The maximum Gasteiger partial charge on any atom is 0.334 e. The topological polar surface area (TPSA) is 50.9 Å². The summed E-state index contributed by atoms with van der Waals surface area (Å²) in [4.78, 5) is 14.0. The molecule has 1 aromatic carbocycles. The van der Waals surface area contributed by atoms with E-state index in [1.54, 1.807) is 6.07 Å². The molecule has 4 heteroatoms. The number of benzene rings is 1. The molecule has 4 nitrogen and oxygen atoms in total. The van der Waals surface area contributed by atoms with Crippen LogP contribution in [0.15, 0.2) is 18.2 Å². The van der Waals surface area contributed by atoms with E-state index in [2.05, 4.69) is 4.85 Å². The average Bonchev–Trinajstić information content (AvgIpc) is 3.09. The van der Waals surface area contributed by atoms with Crippen LogP contribution in [-0.4, -0.2) is 17.7 Å². The molecule has 0 atom stereocenters. The van der Waals surface area contributed by atoms with Crippen molar-refractivity contribution in [1.82, 2.24) is 0 Å². The molecule has 16 heavy (non-hydrogen) atoms. The summed E-state index contributed by atoms with van der Waals surface area (Å²) in [7, 11) is 0. The van der Waals surface area contributed by atoms with Crippen molar-refractivity contribution in [1.29, 1.82) is 0 Å². The lowest BCUT2D eigenvalue weighted by atomic mass is 10.2. The molecule has 0 bridgehead atoms. The molecule has 1 saturated carbocycles. The fourth-order valence-corrected chi connectivity index (χ4v) is 1.35. The summed E-state index contributed by atoms with van der Waals surface area (Å²) < 4.78 is 5.48. The molecule has 0 heterocycles. The van der Waals surface area contributed by atoms with Crippen LogP contribution in [0.5, 0.6) is 5.75 Å². The van der Waals surface area contributed by atoms with Gasteiger partial charge in [0.2, 0.25) is 5.69 Å². The Morgan fingerprint density at radius 2 is 2.31 bits per heavy atom. The number of carboxylic acids is 1. The normalized spacial score (nSPS) is 14.2. The van der Waals surface area contributed by atoms with Gasteiger partial charge in [-0.3, -0.25) is 0 Å². The molecule has 0 amide bonds. The van der Waals surface area contributed by atoms with E-state index in [9.17, 15) is 4.79 Å². The molecule has 1 aliphatic carbocycles. The lowest BCUT2D eigenvalue weighted by Gasteiger charge is -2.07. The van der Waals surface area contributed by atoms with Gasteiger partial charge in [-0.25, -0.2) is 9.64 Å². The van der Waals surface area contributed by atoms with Crippen LogP contribution < -0.4 is 4.74 Å². The third-order valence-corrected chi connectivity index (χ3v) is 2.50. The first kappa shape index (κ1) is 10.5. The summed E-state index contributed by atoms with van der Waals surface area (Å²) in [5, 5.41) is 8.78. The molecule has 1 fully saturated rings. The number of rotatable bonds is 4. The van der Waals surface area contributed by atoms with Gasteiger partial charge in [-0.1, -0.05) is 0 Å². The number of ether oxygens (including phenoxy) is 1. The number of carbonyl (C=O) groups is 1. The van der Waals surface area contributed by atoms with Crippen molar-refractivity contribution in [3.63, 3.8) is 0 Å². The summed E-state index contributed by atoms with van der Waals surface area (Å²) in [5.41, 5.74) is 0.380. The van der Waals surface area contributed by atoms with Crippen molar-refractivity contribution in [3.8, 4) is 5.75 Å². The van der Waals surface area contributed by atoms with Crippen LogP contribution in [0.3, 0.4) is 0 Å². The lowest BCUT2D eigenvalue weighted by molar-refractivity contribution is 0.0697. The molecule has 1 aliphatic rings. The van der Waals surface area contributed by atoms with Gasteiger partial charge in [-0.05, 0) is 37.0 Å². The molecular formula is C12H11NO3. The highest BCUT2D eigenvalue weighted by Gasteiger charge is 2.22. The third kappa shape index (κ3) is 2.31. The molecule has 1 aromatic rings. The minimum atomic E-state index is -1.03. The third-order valence-electron chi connectivity index (χ3n) is 2.50.